The van der Waals surface area contributed by atoms with Crippen LogP contribution in [0.25, 0.3) is 0 Å². The molecule has 144 valence electrons. The summed E-state index contributed by atoms with van der Waals surface area (Å²) in [7, 11) is 3.44. The SMILES string of the molecule is CN(C)C(=O)C1CCCN(C(=O)c2ccccc2CN2C(=O)CNC2=O)C1. The Morgan fingerprint density at radius 2 is 1.96 bits per heavy atom. The smallest absolute Gasteiger partial charge is 0.324 e. The minimum absolute atomic E-state index is 0.0185. The Bertz CT molecular complexity index is 761. The van der Waals surface area contributed by atoms with E-state index in [4.69, 9.17) is 0 Å². The molecule has 1 N–H and O–H groups in total. The van der Waals surface area contributed by atoms with Gasteiger partial charge in [-0.3, -0.25) is 19.3 Å². The number of benzene rings is 1. The topological polar surface area (TPSA) is 90.0 Å². The molecule has 5 amide bonds. The Balaban J connectivity index is 1.78. The second kappa shape index (κ2) is 7.77. The molecule has 27 heavy (non-hydrogen) atoms. The Morgan fingerprint density at radius 3 is 2.63 bits per heavy atom. The third-order valence-electron chi connectivity index (χ3n) is 5.01. The largest absolute Gasteiger partial charge is 0.349 e. The van der Waals surface area contributed by atoms with E-state index in [9.17, 15) is 19.2 Å². The number of hydrogen-bond donors (Lipinski definition) is 1. The fourth-order valence-corrected chi connectivity index (χ4v) is 3.55. The van der Waals surface area contributed by atoms with Crippen molar-refractivity contribution in [1.82, 2.24) is 20.0 Å². The van der Waals surface area contributed by atoms with E-state index in [2.05, 4.69) is 5.32 Å². The summed E-state index contributed by atoms with van der Waals surface area (Å²) in [6.45, 7) is 1.01. The van der Waals surface area contributed by atoms with Gasteiger partial charge in [0.15, 0.2) is 0 Å². The first kappa shape index (κ1) is 18.9. The Morgan fingerprint density at radius 1 is 1.22 bits per heavy atom. The molecule has 2 aliphatic heterocycles. The van der Waals surface area contributed by atoms with Gasteiger partial charge < -0.3 is 15.1 Å². The van der Waals surface area contributed by atoms with Gasteiger partial charge in [-0.15, -0.1) is 0 Å². The second-order valence-corrected chi connectivity index (χ2v) is 7.12. The van der Waals surface area contributed by atoms with Crippen molar-refractivity contribution in [3.8, 4) is 0 Å². The van der Waals surface area contributed by atoms with E-state index in [1.54, 1.807) is 48.2 Å². The summed E-state index contributed by atoms with van der Waals surface area (Å²) in [5, 5.41) is 2.48. The fourth-order valence-electron chi connectivity index (χ4n) is 3.55. The van der Waals surface area contributed by atoms with E-state index in [0.29, 0.717) is 24.2 Å². The molecule has 0 spiro atoms. The first-order chi connectivity index (χ1) is 12.9. The number of likely N-dealkylation sites (tertiary alicyclic amines) is 1. The van der Waals surface area contributed by atoms with Crippen molar-refractivity contribution in [3.63, 3.8) is 0 Å². The number of amides is 5. The summed E-state index contributed by atoms with van der Waals surface area (Å²) < 4.78 is 0. The van der Waals surface area contributed by atoms with E-state index in [1.807, 2.05) is 0 Å². The van der Waals surface area contributed by atoms with E-state index in [0.717, 1.165) is 17.7 Å². The van der Waals surface area contributed by atoms with Crippen molar-refractivity contribution < 1.29 is 19.2 Å². The molecule has 8 heteroatoms. The van der Waals surface area contributed by atoms with Gasteiger partial charge >= 0.3 is 6.03 Å². The van der Waals surface area contributed by atoms with Crippen LogP contribution < -0.4 is 5.32 Å². The predicted molar refractivity (Wildman–Crippen MR) is 97.7 cm³/mol. The van der Waals surface area contributed by atoms with Crippen molar-refractivity contribution in [2.75, 3.05) is 33.7 Å². The van der Waals surface area contributed by atoms with Crippen molar-refractivity contribution in [1.29, 1.82) is 0 Å². The van der Waals surface area contributed by atoms with Gasteiger partial charge in [-0.05, 0) is 24.5 Å². The number of nitrogens with zero attached hydrogens (tertiary/aromatic N) is 3. The molecule has 1 aromatic carbocycles. The zero-order valence-electron chi connectivity index (χ0n) is 15.6. The highest BCUT2D eigenvalue weighted by atomic mass is 16.2. The molecule has 0 aliphatic carbocycles. The van der Waals surface area contributed by atoms with E-state index in [1.165, 1.54) is 0 Å². The van der Waals surface area contributed by atoms with Gasteiger partial charge in [-0.1, -0.05) is 18.2 Å². The first-order valence-electron chi connectivity index (χ1n) is 9.05. The number of carbonyl (C=O) groups is 4. The van der Waals surface area contributed by atoms with Crippen molar-refractivity contribution in [2.24, 2.45) is 5.92 Å². The predicted octanol–water partition coefficient (Wildman–Crippen LogP) is 0.679. The van der Waals surface area contributed by atoms with E-state index in [-0.39, 0.29) is 36.7 Å². The van der Waals surface area contributed by atoms with Gasteiger partial charge in [-0.2, -0.15) is 0 Å². The highest BCUT2D eigenvalue weighted by Gasteiger charge is 2.32. The number of piperidine rings is 1. The molecule has 1 unspecified atom stereocenters. The number of urea groups is 1. The number of rotatable bonds is 4. The molecule has 0 bridgehead atoms. The lowest BCUT2D eigenvalue weighted by atomic mass is 9.95. The number of hydrogen-bond acceptors (Lipinski definition) is 4. The van der Waals surface area contributed by atoms with Crippen molar-refractivity contribution in [2.45, 2.75) is 19.4 Å². The summed E-state index contributed by atoms with van der Waals surface area (Å²) in [5.74, 6) is -0.651. The summed E-state index contributed by atoms with van der Waals surface area (Å²) in [6.07, 6.45) is 1.54. The van der Waals surface area contributed by atoms with Gasteiger partial charge in [0, 0.05) is 32.7 Å². The monoisotopic (exact) mass is 372 g/mol. The molecule has 2 aliphatic rings. The Labute approximate surface area is 158 Å². The highest BCUT2D eigenvalue weighted by molar-refractivity contribution is 6.02. The third kappa shape index (κ3) is 3.94. The molecule has 8 nitrogen and oxygen atoms in total. The van der Waals surface area contributed by atoms with Crippen LogP contribution in [-0.4, -0.2) is 72.2 Å². The zero-order chi connectivity index (χ0) is 19.6. The number of nitrogens with one attached hydrogen (secondary N) is 1. The summed E-state index contributed by atoms with van der Waals surface area (Å²) in [5.41, 5.74) is 1.08. The Kier molecular flexibility index (Phi) is 5.43. The van der Waals surface area contributed by atoms with Crippen LogP contribution in [0.3, 0.4) is 0 Å². The molecule has 3 rings (SSSR count). The van der Waals surface area contributed by atoms with E-state index >= 15 is 0 Å². The van der Waals surface area contributed by atoms with Crippen LogP contribution in [0, 0.1) is 5.92 Å². The van der Waals surface area contributed by atoms with Crippen LogP contribution in [0.1, 0.15) is 28.8 Å². The summed E-state index contributed by atoms with van der Waals surface area (Å²) >= 11 is 0. The van der Waals surface area contributed by atoms with Gasteiger partial charge in [0.25, 0.3) is 5.91 Å². The minimum Gasteiger partial charge on any atom is -0.349 e. The van der Waals surface area contributed by atoms with Crippen LogP contribution in [0.4, 0.5) is 4.79 Å². The fraction of sp³-hybridized carbons (Fsp3) is 0.474. The molecular weight excluding hydrogens is 348 g/mol. The molecule has 0 aromatic heterocycles. The average molecular weight is 372 g/mol. The normalized spacial score (nSPS) is 19.9. The average Bonchev–Trinajstić information content (AvgIpc) is 2.99. The zero-order valence-corrected chi connectivity index (χ0v) is 15.6. The lowest BCUT2D eigenvalue weighted by Crippen LogP contribution is -2.45. The van der Waals surface area contributed by atoms with Crippen LogP contribution >= 0.6 is 0 Å². The van der Waals surface area contributed by atoms with Gasteiger partial charge in [0.05, 0.1) is 19.0 Å². The standard InChI is InChI=1S/C19H24N4O4/c1-21(2)17(25)14-7-5-9-22(11-14)18(26)15-8-4-3-6-13(15)12-23-16(24)10-20-19(23)27/h3-4,6,8,14H,5,7,9-12H2,1-2H3,(H,20,27). The summed E-state index contributed by atoms with van der Waals surface area (Å²) in [6, 6.07) is 6.54. The molecule has 0 radical (unpaired) electrons. The maximum Gasteiger partial charge on any atom is 0.324 e. The molecule has 2 fully saturated rings. The van der Waals surface area contributed by atoms with Gasteiger partial charge in [0.2, 0.25) is 11.8 Å². The van der Waals surface area contributed by atoms with Gasteiger partial charge in [0.1, 0.15) is 0 Å². The molecule has 0 saturated carbocycles. The van der Waals surface area contributed by atoms with Crippen LogP contribution in [-0.2, 0) is 16.1 Å². The molecular formula is C19H24N4O4. The number of carbonyl (C=O) groups excluding carboxylic acids is 4. The third-order valence-corrected chi connectivity index (χ3v) is 5.01. The lowest BCUT2D eigenvalue weighted by molar-refractivity contribution is -0.134. The van der Waals surface area contributed by atoms with Crippen LogP contribution in [0.5, 0.6) is 0 Å². The van der Waals surface area contributed by atoms with Crippen LogP contribution in [0.2, 0.25) is 0 Å². The van der Waals surface area contributed by atoms with Crippen molar-refractivity contribution >= 4 is 23.8 Å². The van der Waals surface area contributed by atoms with Gasteiger partial charge in [-0.25, -0.2) is 4.79 Å². The molecule has 1 aromatic rings. The first-order valence-corrected chi connectivity index (χ1v) is 9.05. The highest BCUT2D eigenvalue weighted by Crippen LogP contribution is 2.22. The summed E-state index contributed by atoms with van der Waals surface area (Å²) in [4.78, 5) is 53.4. The molecule has 2 saturated heterocycles. The second-order valence-electron chi connectivity index (χ2n) is 7.12. The molecule has 2 heterocycles. The Hall–Kier alpha value is -2.90. The quantitative estimate of drug-likeness (QED) is 0.787. The maximum absolute atomic E-state index is 13.1. The number of imide groups is 1. The minimum atomic E-state index is -0.447. The molecule has 1 atom stereocenters. The van der Waals surface area contributed by atoms with Crippen LogP contribution in [0.15, 0.2) is 24.3 Å². The van der Waals surface area contributed by atoms with E-state index < -0.39 is 6.03 Å². The van der Waals surface area contributed by atoms with Crippen molar-refractivity contribution in [3.05, 3.63) is 35.4 Å². The lowest BCUT2D eigenvalue weighted by Gasteiger charge is -2.33. The maximum atomic E-state index is 13.1.